The molecule has 6 nitrogen and oxygen atoms in total. The lowest BCUT2D eigenvalue weighted by atomic mass is 9.88. The standard InChI is InChI=1S/C26H26FN3O3S/c1-5-30-21-11-10-17(12-18(21)16(2)14-26(30,3)4)13-22-24(32)29(25(33)34-22)15-23(31)28-20-9-7-6-8-19(20)27/h6-14H,5,15H2,1-4H3,(H,28,31)/b22-13-. The van der Waals surface area contributed by atoms with E-state index in [-0.39, 0.29) is 16.1 Å². The summed E-state index contributed by atoms with van der Waals surface area (Å²) >= 11 is 0.790. The molecule has 2 heterocycles. The number of halogens is 1. The SMILES string of the molecule is CCN1c2ccc(/C=C3\SC(=O)N(CC(=O)Nc4ccccc4F)C3=O)cc2C(C)=CC1(C)C. The Labute approximate surface area is 202 Å². The minimum Gasteiger partial charge on any atom is -0.363 e. The Kier molecular flexibility index (Phi) is 6.36. The van der Waals surface area contributed by atoms with Crippen LogP contribution in [-0.4, -0.2) is 40.6 Å². The number of benzene rings is 2. The fourth-order valence-corrected chi connectivity index (χ4v) is 5.29. The molecule has 0 aromatic heterocycles. The second-order valence-electron chi connectivity index (χ2n) is 8.80. The number of imide groups is 1. The van der Waals surface area contributed by atoms with Crippen LogP contribution in [0.15, 0.2) is 53.4 Å². The quantitative estimate of drug-likeness (QED) is 0.572. The van der Waals surface area contributed by atoms with E-state index in [1.807, 2.05) is 18.2 Å². The molecular weight excluding hydrogens is 453 g/mol. The number of amides is 3. The van der Waals surface area contributed by atoms with E-state index in [0.29, 0.717) is 0 Å². The summed E-state index contributed by atoms with van der Waals surface area (Å²) in [5.74, 6) is -1.78. The molecule has 176 valence electrons. The zero-order valence-corrected chi connectivity index (χ0v) is 20.3. The molecule has 0 bridgehead atoms. The number of para-hydroxylation sites is 1. The van der Waals surface area contributed by atoms with E-state index < -0.39 is 29.4 Å². The van der Waals surface area contributed by atoms with E-state index in [1.165, 1.54) is 18.2 Å². The number of likely N-dealkylation sites (N-methyl/N-ethyl adjacent to an activating group) is 1. The first-order valence-electron chi connectivity index (χ1n) is 11.0. The first kappa shape index (κ1) is 23.8. The molecule has 4 rings (SSSR count). The van der Waals surface area contributed by atoms with E-state index in [9.17, 15) is 18.8 Å². The van der Waals surface area contributed by atoms with Crippen LogP contribution in [0.25, 0.3) is 11.6 Å². The molecule has 1 N–H and O–H groups in total. The topological polar surface area (TPSA) is 69.7 Å². The van der Waals surface area contributed by atoms with Gasteiger partial charge in [0.1, 0.15) is 12.4 Å². The third kappa shape index (κ3) is 4.50. The number of nitrogens with one attached hydrogen (secondary N) is 1. The molecule has 0 aliphatic carbocycles. The molecule has 0 saturated carbocycles. The highest BCUT2D eigenvalue weighted by Crippen LogP contribution is 2.40. The predicted molar refractivity (Wildman–Crippen MR) is 135 cm³/mol. The van der Waals surface area contributed by atoms with Gasteiger partial charge in [-0.1, -0.05) is 24.3 Å². The molecule has 2 aromatic carbocycles. The van der Waals surface area contributed by atoms with Gasteiger partial charge in [0.05, 0.1) is 16.1 Å². The third-order valence-electron chi connectivity index (χ3n) is 5.94. The molecule has 1 fully saturated rings. The molecule has 34 heavy (non-hydrogen) atoms. The molecule has 3 amide bonds. The number of fused-ring (bicyclic) bond motifs is 1. The first-order chi connectivity index (χ1) is 16.1. The number of thioether (sulfide) groups is 1. The molecule has 0 spiro atoms. The van der Waals surface area contributed by atoms with Gasteiger partial charge in [-0.3, -0.25) is 19.3 Å². The van der Waals surface area contributed by atoms with E-state index in [2.05, 4.69) is 44.0 Å². The van der Waals surface area contributed by atoms with Crippen molar-refractivity contribution in [2.45, 2.75) is 33.2 Å². The molecule has 2 aliphatic heterocycles. The second kappa shape index (κ2) is 9.10. The molecule has 0 unspecified atom stereocenters. The number of anilines is 2. The average molecular weight is 480 g/mol. The van der Waals surface area contributed by atoms with Gasteiger partial charge in [0.15, 0.2) is 0 Å². The number of nitrogens with zero attached hydrogens (tertiary/aromatic N) is 2. The fourth-order valence-electron chi connectivity index (χ4n) is 4.45. The van der Waals surface area contributed by atoms with E-state index >= 15 is 0 Å². The van der Waals surface area contributed by atoms with Gasteiger partial charge < -0.3 is 10.2 Å². The van der Waals surface area contributed by atoms with Gasteiger partial charge in [-0.15, -0.1) is 0 Å². The molecule has 0 radical (unpaired) electrons. The van der Waals surface area contributed by atoms with Crippen LogP contribution in [0.1, 0.15) is 38.8 Å². The minimum atomic E-state index is -0.648. The zero-order valence-electron chi connectivity index (χ0n) is 19.5. The molecule has 0 atom stereocenters. The van der Waals surface area contributed by atoms with Crippen LogP contribution in [0.2, 0.25) is 0 Å². The summed E-state index contributed by atoms with van der Waals surface area (Å²) in [6, 6.07) is 11.7. The zero-order chi connectivity index (χ0) is 24.6. The van der Waals surface area contributed by atoms with Crippen molar-refractivity contribution in [3.8, 4) is 0 Å². The van der Waals surface area contributed by atoms with Gasteiger partial charge in [0, 0.05) is 17.8 Å². The number of carbonyl (C=O) groups excluding carboxylic acids is 3. The Morgan fingerprint density at radius 2 is 1.91 bits per heavy atom. The number of rotatable bonds is 5. The van der Waals surface area contributed by atoms with Crippen molar-refractivity contribution >= 4 is 51.8 Å². The van der Waals surface area contributed by atoms with Crippen LogP contribution >= 0.6 is 11.8 Å². The van der Waals surface area contributed by atoms with Crippen LogP contribution in [0.3, 0.4) is 0 Å². The summed E-state index contributed by atoms with van der Waals surface area (Å²) in [4.78, 5) is 41.0. The highest BCUT2D eigenvalue weighted by molar-refractivity contribution is 8.18. The number of allylic oxidation sites excluding steroid dienone is 1. The highest BCUT2D eigenvalue weighted by Gasteiger charge is 2.36. The Balaban J connectivity index is 1.53. The van der Waals surface area contributed by atoms with Gasteiger partial charge >= 0.3 is 0 Å². The predicted octanol–water partition coefficient (Wildman–Crippen LogP) is 5.52. The van der Waals surface area contributed by atoms with Crippen LogP contribution in [0.4, 0.5) is 20.6 Å². The summed E-state index contributed by atoms with van der Waals surface area (Å²) in [6.45, 7) is 8.91. The summed E-state index contributed by atoms with van der Waals surface area (Å²) < 4.78 is 13.8. The molecule has 2 aromatic rings. The number of carbonyl (C=O) groups is 3. The first-order valence-corrected chi connectivity index (χ1v) is 11.8. The molecule has 2 aliphatic rings. The Bertz CT molecular complexity index is 1250. The maximum Gasteiger partial charge on any atom is 0.294 e. The van der Waals surface area contributed by atoms with Crippen LogP contribution < -0.4 is 10.2 Å². The van der Waals surface area contributed by atoms with Crippen molar-refractivity contribution in [1.29, 1.82) is 0 Å². The summed E-state index contributed by atoms with van der Waals surface area (Å²) in [5.41, 5.74) is 4.05. The van der Waals surface area contributed by atoms with Gasteiger partial charge in [0.2, 0.25) is 5.91 Å². The molecular formula is C26H26FN3O3S. The van der Waals surface area contributed by atoms with Crippen molar-refractivity contribution in [1.82, 2.24) is 4.90 Å². The van der Waals surface area contributed by atoms with Crippen LogP contribution in [0, 0.1) is 5.82 Å². The minimum absolute atomic E-state index is 0.00296. The Morgan fingerprint density at radius 3 is 2.62 bits per heavy atom. The lowest BCUT2D eigenvalue weighted by Crippen LogP contribution is -2.44. The largest absolute Gasteiger partial charge is 0.363 e. The lowest BCUT2D eigenvalue weighted by molar-refractivity contribution is -0.127. The number of hydrogen-bond donors (Lipinski definition) is 1. The summed E-state index contributed by atoms with van der Waals surface area (Å²) in [7, 11) is 0. The van der Waals surface area contributed by atoms with Crippen molar-refractivity contribution in [2.75, 3.05) is 23.3 Å². The van der Waals surface area contributed by atoms with Gasteiger partial charge in [0.25, 0.3) is 11.1 Å². The number of hydrogen-bond acceptors (Lipinski definition) is 5. The molecule has 8 heteroatoms. The van der Waals surface area contributed by atoms with Crippen LogP contribution in [0.5, 0.6) is 0 Å². The van der Waals surface area contributed by atoms with Crippen molar-refractivity contribution < 1.29 is 18.8 Å². The van der Waals surface area contributed by atoms with Gasteiger partial charge in [-0.25, -0.2) is 4.39 Å². The van der Waals surface area contributed by atoms with Crippen molar-refractivity contribution in [2.24, 2.45) is 0 Å². The third-order valence-corrected chi connectivity index (χ3v) is 6.85. The average Bonchev–Trinajstić information content (AvgIpc) is 3.02. The normalized spacial score (nSPS) is 18.3. The smallest absolute Gasteiger partial charge is 0.294 e. The monoisotopic (exact) mass is 479 g/mol. The second-order valence-corrected chi connectivity index (χ2v) is 9.79. The van der Waals surface area contributed by atoms with E-state index in [1.54, 1.807) is 12.1 Å². The maximum atomic E-state index is 13.8. The summed E-state index contributed by atoms with van der Waals surface area (Å²) in [5, 5.41) is 1.86. The van der Waals surface area contributed by atoms with Crippen molar-refractivity contribution in [3.05, 3.63) is 70.4 Å². The fraction of sp³-hybridized carbons (Fsp3) is 0.269. The van der Waals surface area contributed by atoms with E-state index in [0.717, 1.165) is 45.6 Å². The van der Waals surface area contributed by atoms with Gasteiger partial charge in [-0.05, 0) is 80.9 Å². The van der Waals surface area contributed by atoms with Crippen LogP contribution in [-0.2, 0) is 9.59 Å². The summed E-state index contributed by atoms with van der Waals surface area (Å²) in [6.07, 6.45) is 3.90. The molecule has 1 saturated heterocycles. The highest BCUT2D eigenvalue weighted by atomic mass is 32.2. The Morgan fingerprint density at radius 1 is 1.18 bits per heavy atom. The van der Waals surface area contributed by atoms with E-state index in [4.69, 9.17) is 0 Å². The Hall–Kier alpha value is -3.39. The lowest BCUT2D eigenvalue weighted by Gasteiger charge is -2.42. The van der Waals surface area contributed by atoms with Crippen molar-refractivity contribution in [3.63, 3.8) is 0 Å². The maximum absolute atomic E-state index is 13.8. The van der Waals surface area contributed by atoms with Gasteiger partial charge in [-0.2, -0.15) is 0 Å².